The Hall–Kier alpha value is -3.20. The van der Waals surface area contributed by atoms with Gasteiger partial charge in [-0.2, -0.15) is 9.67 Å². The third-order valence-electron chi connectivity index (χ3n) is 6.76. The first-order chi connectivity index (χ1) is 16.1. The molecule has 2 aromatic heterocycles. The average Bonchev–Trinajstić information content (AvgIpc) is 3.42. The van der Waals surface area contributed by atoms with Crippen LogP contribution < -0.4 is 16.0 Å². The van der Waals surface area contributed by atoms with Crippen molar-refractivity contribution in [2.75, 3.05) is 43.1 Å². The van der Waals surface area contributed by atoms with Gasteiger partial charge in [0.2, 0.25) is 11.9 Å². The maximum absolute atomic E-state index is 6.16. The van der Waals surface area contributed by atoms with Crippen molar-refractivity contribution in [1.29, 1.82) is 0 Å². The van der Waals surface area contributed by atoms with Gasteiger partial charge in [-0.15, -0.1) is 5.10 Å². The Bertz CT molecular complexity index is 1090. The molecule has 5 rings (SSSR count). The highest BCUT2D eigenvalue weighted by molar-refractivity contribution is 5.60. The highest BCUT2D eigenvalue weighted by Gasteiger charge is 2.24. The molecule has 9 nitrogen and oxygen atoms in total. The van der Waals surface area contributed by atoms with Crippen molar-refractivity contribution in [3.63, 3.8) is 0 Å². The smallest absolute Gasteiger partial charge is 0.254 e. The number of likely N-dealkylation sites (N-methyl/N-ethyl adjacent to an activating group) is 1. The van der Waals surface area contributed by atoms with Crippen LogP contribution in [0.5, 0.6) is 0 Å². The van der Waals surface area contributed by atoms with Crippen LogP contribution in [-0.4, -0.2) is 62.9 Å². The van der Waals surface area contributed by atoms with Crippen molar-refractivity contribution in [1.82, 2.24) is 29.6 Å². The van der Waals surface area contributed by atoms with E-state index < -0.39 is 0 Å². The van der Waals surface area contributed by atoms with Crippen LogP contribution in [0.2, 0.25) is 0 Å². The molecule has 1 fully saturated rings. The van der Waals surface area contributed by atoms with Crippen molar-refractivity contribution in [3.8, 4) is 5.95 Å². The fraction of sp³-hybridized carbons (Fsp3) is 0.500. The van der Waals surface area contributed by atoms with Crippen LogP contribution in [0.4, 0.5) is 23.3 Å². The Labute approximate surface area is 195 Å². The third-order valence-corrected chi connectivity index (χ3v) is 6.76. The molecule has 3 heterocycles. The van der Waals surface area contributed by atoms with Gasteiger partial charge in [0.05, 0.1) is 0 Å². The lowest BCUT2D eigenvalue weighted by atomic mass is 9.98. The minimum absolute atomic E-state index is 0.270. The molecule has 0 amide bonds. The number of nitrogens with one attached hydrogen (secondary N) is 1. The summed E-state index contributed by atoms with van der Waals surface area (Å²) >= 11 is 0. The van der Waals surface area contributed by atoms with Crippen LogP contribution in [0.1, 0.15) is 43.4 Å². The lowest BCUT2D eigenvalue weighted by Gasteiger charge is -2.22. The van der Waals surface area contributed by atoms with E-state index in [2.05, 4.69) is 68.5 Å². The summed E-state index contributed by atoms with van der Waals surface area (Å²) in [6.45, 7) is 2.14. The van der Waals surface area contributed by atoms with E-state index in [9.17, 15) is 0 Å². The summed E-state index contributed by atoms with van der Waals surface area (Å²) in [7, 11) is 4.30. The Balaban J connectivity index is 1.29. The predicted octanol–water partition coefficient (Wildman–Crippen LogP) is 3.18. The molecule has 33 heavy (non-hydrogen) atoms. The number of aromatic nitrogens is 5. The number of benzene rings is 1. The van der Waals surface area contributed by atoms with Crippen LogP contribution in [-0.2, 0) is 12.8 Å². The van der Waals surface area contributed by atoms with Crippen LogP contribution in [0.25, 0.3) is 5.95 Å². The van der Waals surface area contributed by atoms with E-state index in [1.54, 1.807) is 0 Å². The molecule has 0 unspecified atom stereocenters. The van der Waals surface area contributed by atoms with E-state index in [-0.39, 0.29) is 5.95 Å². The van der Waals surface area contributed by atoms with Crippen molar-refractivity contribution in [2.45, 2.75) is 51.0 Å². The summed E-state index contributed by atoms with van der Waals surface area (Å²) in [6.07, 6.45) is 10.0. The molecule has 0 radical (unpaired) electrons. The van der Waals surface area contributed by atoms with Gasteiger partial charge in [0.15, 0.2) is 0 Å². The van der Waals surface area contributed by atoms with Gasteiger partial charge in [0.25, 0.3) is 5.95 Å². The second kappa shape index (κ2) is 9.35. The van der Waals surface area contributed by atoms with Crippen LogP contribution >= 0.6 is 0 Å². The lowest BCUT2D eigenvalue weighted by Crippen LogP contribution is -2.31. The molecule has 0 bridgehead atoms. The first kappa shape index (κ1) is 21.6. The van der Waals surface area contributed by atoms with Gasteiger partial charge in [-0.25, -0.2) is 9.97 Å². The average molecular weight is 448 g/mol. The predicted molar refractivity (Wildman–Crippen MR) is 131 cm³/mol. The summed E-state index contributed by atoms with van der Waals surface area (Å²) in [6, 6.07) is 8.99. The van der Waals surface area contributed by atoms with E-state index in [1.807, 2.05) is 6.20 Å². The van der Waals surface area contributed by atoms with Crippen molar-refractivity contribution in [2.24, 2.45) is 0 Å². The minimum Gasteiger partial charge on any atom is -0.370 e. The standard InChI is InChI=1S/C24H33N9/c1-31(2)20-13-14-32(16-20)19-11-9-18(10-12-19)27-23-29-22(25)33(30-23)24-26-15-17-7-5-3-4-6-8-21(17)28-24/h9-12,15,20H,3-8,13-14,16H2,1-2H3,(H3,25,27,29,30)/t20-/m0/s1. The largest absolute Gasteiger partial charge is 0.370 e. The molecular formula is C24H33N9. The molecule has 174 valence electrons. The highest BCUT2D eigenvalue weighted by Crippen LogP contribution is 2.25. The second-order valence-corrected chi connectivity index (χ2v) is 9.29. The van der Waals surface area contributed by atoms with Crippen molar-refractivity contribution < 1.29 is 0 Å². The van der Waals surface area contributed by atoms with Gasteiger partial charge >= 0.3 is 0 Å². The first-order valence-corrected chi connectivity index (χ1v) is 11.9. The van der Waals surface area contributed by atoms with Gasteiger partial charge < -0.3 is 20.9 Å². The number of nitrogens with zero attached hydrogens (tertiary/aromatic N) is 7. The molecule has 3 aromatic rings. The molecule has 1 atom stereocenters. The summed E-state index contributed by atoms with van der Waals surface area (Å²) < 4.78 is 1.52. The molecule has 1 aliphatic carbocycles. The van der Waals surface area contributed by atoms with Gasteiger partial charge in [-0.1, -0.05) is 12.8 Å². The molecule has 2 aliphatic rings. The number of aryl methyl sites for hydroxylation is 2. The topological polar surface area (TPSA) is 101 Å². The molecule has 0 saturated carbocycles. The van der Waals surface area contributed by atoms with E-state index >= 15 is 0 Å². The highest BCUT2D eigenvalue weighted by atomic mass is 15.5. The Kier molecular flexibility index (Phi) is 6.13. The number of fused-ring (bicyclic) bond motifs is 1. The molecule has 1 aromatic carbocycles. The lowest BCUT2D eigenvalue weighted by molar-refractivity contribution is 0.315. The zero-order chi connectivity index (χ0) is 22.8. The SMILES string of the molecule is CN(C)[C@H]1CCN(c2ccc(Nc3nc(N)n(-c4ncc5c(n4)CCCCCC5)n3)cc2)C1. The monoisotopic (exact) mass is 447 g/mol. The van der Waals surface area contributed by atoms with E-state index in [4.69, 9.17) is 10.7 Å². The molecule has 1 saturated heterocycles. The van der Waals surface area contributed by atoms with E-state index in [1.165, 1.54) is 41.6 Å². The summed E-state index contributed by atoms with van der Waals surface area (Å²) in [5, 5.41) is 7.78. The van der Waals surface area contributed by atoms with E-state index in [0.717, 1.165) is 43.7 Å². The Morgan fingerprint density at radius 3 is 2.58 bits per heavy atom. The van der Waals surface area contributed by atoms with Gasteiger partial charge in [-0.05, 0) is 76.0 Å². The number of rotatable bonds is 5. The fourth-order valence-electron chi connectivity index (χ4n) is 4.73. The number of nitrogen functional groups attached to an aromatic ring is 1. The molecular weight excluding hydrogens is 414 g/mol. The fourth-order valence-corrected chi connectivity index (χ4v) is 4.73. The Morgan fingerprint density at radius 1 is 1.03 bits per heavy atom. The van der Waals surface area contributed by atoms with E-state index in [0.29, 0.717) is 17.9 Å². The quantitative estimate of drug-likeness (QED) is 0.615. The maximum atomic E-state index is 6.16. The third kappa shape index (κ3) is 4.78. The number of hydrogen-bond acceptors (Lipinski definition) is 8. The molecule has 9 heteroatoms. The minimum atomic E-state index is 0.270. The van der Waals surface area contributed by atoms with Crippen molar-refractivity contribution in [3.05, 3.63) is 41.7 Å². The molecule has 0 spiro atoms. The van der Waals surface area contributed by atoms with Crippen LogP contribution in [0, 0.1) is 0 Å². The maximum Gasteiger partial charge on any atom is 0.254 e. The normalized spacial score (nSPS) is 18.8. The van der Waals surface area contributed by atoms with Gasteiger partial charge in [-0.3, -0.25) is 0 Å². The summed E-state index contributed by atoms with van der Waals surface area (Å²) in [4.78, 5) is 18.4. The zero-order valence-corrected chi connectivity index (χ0v) is 19.5. The van der Waals surface area contributed by atoms with Gasteiger partial charge in [0, 0.05) is 42.4 Å². The Morgan fingerprint density at radius 2 is 1.82 bits per heavy atom. The molecule has 1 aliphatic heterocycles. The second-order valence-electron chi connectivity index (χ2n) is 9.29. The summed E-state index contributed by atoms with van der Waals surface area (Å²) in [5.74, 6) is 1.18. The number of anilines is 4. The first-order valence-electron chi connectivity index (χ1n) is 11.9. The zero-order valence-electron chi connectivity index (χ0n) is 19.5. The van der Waals surface area contributed by atoms with Crippen LogP contribution in [0.15, 0.2) is 30.5 Å². The van der Waals surface area contributed by atoms with Gasteiger partial charge in [0.1, 0.15) is 0 Å². The number of hydrogen-bond donors (Lipinski definition) is 2. The van der Waals surface area contributed by atoms with Crippen molar-refractivity contribution >= 4 is 23.3 Å². The van der Waals surface area contributed by atoms with Crippen LogP contribution in [0.3, 0.4) is 0 Å². The molecule has 3 N–H and O–H groups in total. The number of nitrogens with two attached hydrogens (primary N) is 1. The summed E-state index contributed by atoms with van der Waals surface area (Å²) in [5.41, 5.74) is 10.7.